The van der Waals surface area contributed by atoms with Crippen molar-refractivity contribution in [3.8, 4) is 5.75 Å². The highest BCUT2D eigenvalue weighted by Gasteiger charge is 2.09. The van der Waals surface area contributed by atoms with Crippen molar-refractivity contribution in [2.75, 3.05) is 12.0 Å². The van der Waals surface area contributed by atoms with Crippen LogP contribution >= 0.6 is 0 Å². The van der Waals surface area contributed by atoms with E-state index in [1.165, 1.54) is 6.07 Å². The number of ether oxygens (including phenoxy) is 1. The molecule has 0 unspecified atom stereocenters. The van der Waals surface area contributed by atoms with Gasteiger partial charge in [0.05, 0.1) is 17.9 Å². The van der Waals surface area contributed by atoms with Crippen molar-refractivity contribution < 1.29 is 14.6 Å². The molecule has 0 atom stereocenters. The van der Waals surface area contributed by atoms with Gasteiger partial charge in [-0.15, -0.1) is 0 Å². The van der Waals surface area contributed by atoms with Crippen LogP contribution in [0.5, 0.6) is 5.75 Å². The first kappa shape index (κ1) is 10.3. The number of carbonyl (C=O) groups is 1. The summed E-state index contributed by atoms with van der Waals surface area (Å²) in [4.78, 5) is 10.7. The summed E-state index contributed by atoms with van der Waals surface area (Å²) in [7, 11) is 0. The fraction of sp³-hybridized carbons (Fsp3) is 0.222. The SMILES string of the molecule is CCOc1ccc(C(=O)O)c(NN)c1. The van der Waals surface area contributed by atoms with Gasteiger partial charge in [-0.2, -0.15) is 0 Å². The summed E-state index contributed by atoms with van der Waals surface area (Å²) in [6.07, 6.45) is 0. The number of anilines is 1. The summed E-state index contributed by atoms with van der Waals surface area (Å²) < 4.78 is 5.19. The van der Waals surface area contributed by atoms with E-state index in [0.29, 0.717) is 18.0 Å². The predicted octanol–water partition coefficient (Wildman–Crippen LogP) is 1.07. The molecule has 1 aromatic carbocycles. The maximum Gasteiger partial charge on any atom is 0.337 e. The molecule has 0 aliphatic carbocycles. The molecule has 76 valence electrons. The molecule has 5 nitrogen and oxygen atoms in total. The molecule has 0 radical (unpaired) electrons. The van der Waals surface area contributed by atoms with Gasteiger partial charge >= 0.3 is 5.97 Å². The standard InChI is InChI=1S/C9H12N2O3/c1-2-14-6-3-4-7(9(12)13)8(5-6)11-10/h3-5,11H,2,10H2,1H3,(H,12,13). The molecule has 0 saturated heterocycles. The number of nitrogens with two attached hydrogens (primary N) is 1. The highest BCUT2D eigenvalue weighted by Crippen LogP contribution is 2.21. The summed E-state index contributed by atoms with van der Waals surface area (Å²) in [5.74, 6) is 4.75. The quantitative estimate of drug-likeness (QED) is 0.495. The molecule has 14 heavy (non-hydrogen) atoms. The molecule has 0 heterocycles. The van der Waals surface area contributed by atoms with Crippen molar-refractivity contribution in [3.63, 3.8) is 0 Å². The lowest BCUT2D eigenvalue weighted by molar-refractivity contribution is 0.0698. The number of benzene rings is 1. The molecule has 0 spiro atoms. The third kappa shape index (κ3) is 2.14. The monoisotopic (exact) mass is 196 g/mol. The molecule has 0 bridgehead atoms. The average molecular weight is 196 g/mol. The zero-order valence-electron chi connectivity index (χ0n) is 7.78. The molecular weight excluding hydrogens is 184 g/mol. The first-order valence-corrected chi connectivity index (χ1v) is 4.15. The molecule has 5 heteroatoms. The molecule has 0 amide bonds. The van der Waals surface area contributed by atoms with Crippen LogP contribution < -0.4 is 16.0 Å². The van der Waals surface area contributed by atoms with E-state index in [9.17, 15) is 4.79 Å². The second-order valence-electron chi connectivity index (χ2n) is 2.59. The van der Waals surface area contributed by atoms with Crippen LogP contribution in [0.3, 0.4) is 0 Å². The number of hydrogen-bond acceptors (Lipinski definition) is 4. The number of carboxylic acid groups (broad SMARTS) is 1. The van der Waals surface area contributed by atoms with Gasteiger partial charge in [0.25, 0.3) is 0 Å². The fourth-order valence-electron chi connectivity index (χ4n) is 1.09. The summed E-state index contributed by atoms with van der Waals surface area (Å²) in [6.45, 7) is 2.37. The summed E-state index contributed by atoms with van der Waals surface area (Å²) in [5, 5.41) is 8.78. The lowest BCUT2D eigenvalue weighted by Gasteiger charge is -2.08. The second kappa shape index (κ2) is 4.48. The molecule has 1 aromatic rings. The van der Waals surface area contributed by atoms with Crippen LogP contribution in [0.1, 0.15) is 17.3 Å². The van der Waals surface area contributed by atoms with E-state index in [0.717, 1.165) is 0 Å². The van der Waals surface area contributed by atoms with Crippen molar-refractivity contribution in [3.05, 3.63) is 23.8 Å². The van der Waals surface area contributed by atoms with Crippen LogP contribution in [0.2, 0.25) is 0 Å². The molecular formula is C9H12N2O3. The third-order valence-electron chi connectivity index (χ3n) is 1.69. The largest absolute Gasteiger partial charge is 0.494 e. The van der Waals surface area contributed by atoms with E-state index < -0.39 is 5.97 Å². The Morgan fingerprint density at radius 3 is 2.86 bits per heavy atom. The van der Waals surface area contributed by atoms with Gasteiger partial charge in [0.15, 0.2) is 0 Å². The lowest BCUT2D eigenvalue weighted by Crippen LogP contribution is -2.12. The molecule has 0 fully saturated rings. The Hall–Kier alpha value is -1.75. The normalized spacial score (nSPS) is 9.57. The average Bonchev–Trinajstić information content (AvgIpc) is 2.17. The van der Waals surface area contributed by atoms with E-state index in [1.807, 2.05) is 6.92 Å². The molecule has 4 N–H and O–H groups in total. The Bertz CT molecular complexity index is 339. The Labute approximate surface area is 81.5 Å². The van der Waals surface area contributed by atoms with Crippen LogP contribution in [0, 0.1) is 0 Å². The smallest absolute Gasteiger partial charge is 0.337 e. The van der Waals surface area contributed by atoms with Gasteiger partial charge in [-0.3, -0.25) is 5.84 Å². The number of nitrogen functional groups attached to an aromatic ring is 1. The van der Waals surface area contributed by atoms with E-state index in [1.54, 1.807) is 12.1 Å². The summed E-state index contributed by atoms with van der Waals surface area (Å²) in [5.41, 5.74) is 2.77. The van der Waals surface area contributed by atoms with Gasteiger partial charge in [0, 0.05) is 6.07 Å². The maximum absolute atomic E-state index is 10.7. The Morgan fingerprint density at radius 2 is 2.36 bits per heavy atom. The van der Waals surface area contributed by atoms with Crippen molar-refractivity contribution in [1.29, 1.82) is 0 Å². The number of rotatable bonds is 4. The number of hydrogen-bond donors (Lipinski definition) is 3. The van der Waals surface area contributed by atoms with E-state index >= 15 is 0 Å². The van der Waals surface area contributed by atoms with E-state index in [-0.39, 0.29) is 5.56 Å². The van der Waals surface area contributed by atoms with Gasteiger partial charge < -0.3 is 15.3 Å². The van der Waals surface area contributed by atoms with Crippen LogP contribution in [-0.4, -0.2) is 17.7 Å². The minimum Gasteiger partial charge on any atom is -0.494 e. The Morgan fingerprint density at radius 1 is 1.64 bits per heavy atom. The molecule has 0 saturated carbocycles. The number of aromatic carboxylic acids is 1. The van der Waals surface area contributed by atoms with E-state index in [4.69, 9.17) is 15.7 Å². The maximum atomic E-state index is 10.7. The number of hydrazine groups is 1. The highest BCUT2D eigenvalue weighted by molar-refractivity contribution is 5.94. The van der Waals surface area contributed by atoms with Crippen LogP contribution in [0.15, 0.2) is 18.2 Å². The second-order valence-corrected chi connectivity index (χ2v) is 2.59. The van der Waals surface area contributed by atoms with Gasteiger partial charge in [0.2, 0.25) is 0 Å². The topological polar surface area (TPSA) is 84.6 Å². The van der Waals surface area contributed by atoms with Gasteiger partial charge in [-0.05, 0) is 19.1 Å². The van der Waals surface area contributed by atoms with Crippen molar-refractivity contribution in [2.45, 2.75) is 6.92 Å². The minimum atomic E-state index is -1.03. The zero-order chi connectivity index (χ0) is 10.6. The van der Waals surface area contributed by atoms with Crippen LogP contribution in [-0.2, 0) is 0 Å². The molecule has 0 aliphatic heterocycles. The number of carboxylic acids is 1. The first-order valence-electron chi connectivity index (χ1n) is 4.15. The van der Waals surface area contributed by atoms with Gasteiger partial charge in [0.1, 0.15) is 5.75 Å². The minimum absolute atomic E-state index is 0.121. The highest BCUT2D eigenvalue weighted by atomic mass is 16.5. The Kier molecular flexibility index (Phi) is 3.30. The zero-order valence-corrected chi connectivity index (χ0v) is 7.78. The fourth-order valence-corrected chi connectivity index (χ4v) is 1.09. The van der Waals surface area contributed by atoms with Crippen molar-refractivity contribution in [2.24, 2.45) is 5.84 Å². The predicted molar refractivity (Wildman–Crippen MR) is 52.4 cm³/mol. The molecule has 0 aromatic heterocycles. The van der Waals surface area contributed by atoms with Crippen LogP contribution in [0.4, 0.5) is 5.69 Å². The van der Waals surface area contributed by atoms with Gasteiger partial charge in [-0.1, -0.05) is 0 Å². The van der Waals surface area contributed by atoms with Crippen molar-refractivity contribution >= 4 is 11.7 Å². The van der Waals surface area contributed by atoms with Crippen molar-refractivity contribution in [1.82, 2.24) is 0 Å². The van der Waals surface area contributed by atoms with Gasteiger partial charge in [-0.25, -0.2) is 4.79 Å². The molecule has 0 aliphatic rings. The lowest BCUT2D eigenvalue weighted by atomic mass is 10.2. The summed E-state index contributed by atoms with van der Waals surface area (Å²) >= 11 is 0. The Balaban J connectivity index is 3.05. The first-order chi connectivity index (χ1) is 6.69. The summed E-state index contributed by atoms with van der Waals surface area (Å²) in [6, 6.07) is 4.59. The third-order valence-corrected chi connectivity index (χ3v) is 1.69. The van der Waals surface area contributed by atoms with Crippen LogP contribution in [0.25, 0.3) is 0 Å². The number of nitrogens with one attached hydrogen (secondary N) is 1. The molecule has 1 rings (SSSR count). The van der Waals surface area contributed by atoms with E-state index in [2.05, 4.69) is 5.43 Å².